The SMILES string of the molecule is CC(C)Cc1cc(=S)nc(C2Cc3ccccc3C2)[nH]1. The molecular formula is C17H20N2S. The van der Waals surface area contributed by atoms with Crippen LogP contribution in [0.1, 0.15) is 42.4 Å². The zero-order valence-electron chi connectivity index (χ0n) is 12.0. The topological polar surface area (TPSA) is 28.7 Å². The lowest BCUT2D eigenvalue weighted by molar-refractivity contribution is 0.615. The quantitative estimate of drug-likeness (QED) is 0.855. The highest BCUT2D eigenvalue weighted by Crippen LogP contribution is 2.32. The number of fused-ring (bicyclic) bond motifs is 1. The summed E-state index contributed by atoms with van der Waals surface area (Å²) in [4.78, 5) is 8.08. The molecule has 2 aromatic rings. The largest absolute Gasteiger partial charge is 0.347 e. The third-order valence-electron chi connectivity index (χ3n) is 3.88. The summed E-state index contributed by atoms with van der Waals surface area (Å²) in [6.07, 6.45) is 3.16. The molecule has 104 valence electrons. The summed E-state index contributed by atoms with van der Waals surface area (Å²) in [5.41, 5.74) is 4.12. The van der Waals surface area contributed by atoms with Gasteiger partial charge in [0.15, 0.2) is 0 Å². The van der Waals surface area contributed by atoms with E-state index in [1.165, 1.54) is 16.8 Å². The molecule has 0 unspecified atom stereocenters. The average Bonchev–Trinajstić information content (AvgIpc) is 2.80. The first-order valence-electron chi connectivity index (χ1n) is 7.28. The second-order valence-corrected chi connectivity index (χ2v) is 6.52. The fourth-order valence-corrected chi connectivity index (χ4v) is 3.26. The van der Waals surface area contributed by atoms with Crippen molar-refractivity contribution >= 4 is 12.2 Å². The first-order chi connectivity index (χ1) is 9.61. The molecule has 1 aliphatic rings. The van der Waals surface area contributed by atoms with Crippen LogP contribution < -0.4 is 0 Å². The fraction of sp³-hybridized carbons (Fsp3) is 0.412. The van der Waals surface area contributed by atoms with Gasteiger partial charge in [0.2, 0.25) is 0 Å². The van der Waals surface area contributed by atoms with Crippen LogP contribution in [0.15, 0.2) is 30.3 Å². The number of aromatic amines is 1. The molecule has 1 aromatic heterocycles. The summed E-state index contributed by atoms with van der Waals surface area (Å²) in [7, 11) is 0. The average molecular weight is 284 g/mol. The van der Waals surface area contributed by atoms with Crippen LogP contribution in [0.3, 0.4) is 0 Å². The lowest BCUT2D eigenvalue weighted by Crippen LogP contribution is -2.08. The van der Waals surface area contributed by atoms with E-state index in [-0.39, 0.29) is 0 Å². The van der Waals surface area contributed by atoms with E-state index in [4.69, 9.17) is 12.2 Å². The fourth-order valence-electron chi connectivity index (χ4n) is 3.02. The maximum Gasteiger partial charge on any atom is 0.129 e. The van der Waals surface area contributed by atoms with E-state index in [1.54, 1.807) is 0 Å². The van der Waals surface area contributed by atoms with E-state index in [0.717, 1.165) is 25.1 Å². The molecule has 1 heterocycles. The number of benzene rings is 1. The van der Waals surface area contributed by atoms with Crippen LogP contribution in [0.4, 0.5) is 0 Å². The molecule has 3 rings (SSSR count). The zero-order valence-corrected chi connectivity index (χ0v) is 12.8. The smallest absolute Gasteiger partial charge is 0.129 e. The Bertz CT molecular complexity index is 648. The number of hydrogen-bond acceptors (Lipinski definition) is 2. The molecule has 0 bridgehead atoms. The van der Waals surface area contributed by atoms with Gasteiger partial charge in [0, 0.05) is 11.6 Å². The first kappa shape index (κ1) is 13.5. The van der Waals surface area contributed by atoms with Crippen molar-refractivity contribution in [1.82, 2.24) is 9.97 Å². The number of rotatable bonds is 3. The van der Waals surface area contributed by atoms with Crippen LogP contribution in [-0.2, 0) is 19.3 Å². The van der Waals surface area contributed by atoms with Crippen molar-refractivity contribution in [2.24, 2.45) is 5.92 Å². The molecule has 2 nitrogen and oxygen atoms in total. The normalized spacial score (nSPS) is 14.8. The third kappa shape index (κ3) is 2.83. The van der Waals surface area contributed by atoms with Gasteiger partial charge in [-0.2, -0.15) is 0 Å². The molecule has 0 radical (unpaired) electrons. The lowest BCUT2D eigenvalue weighted by Gasteiger charge is -2.12. The molecule has 0 spiro atoms. The van der Waals surface area contributed by atoms with Crippen molar-refractivity contribution in [3.63, 3.8) is 0 Å². The number of aromatic nitrogens is 2. The monoisotopic (exact) mass is 284 g/mol. The van der Waals surface area contributed by atoms with Gasteiger partial charge >= 0.3 is 0 Å². The predicted molar refractivity (Wildman–Crippen MR) is 84.6 cm³/mol. The molecule has 3 heteroatoms. The van der Waals surface area contributed by atoms with Crippen LogP contribution in [0.25, 0.3) is 0 Å². The number of nitrogens with one attached hydrogen (secondary N) is 1. The molecule has 1 aliphatic carbocycles. The Morgan fingerprint density at radius 1 is 1.25 bits per heavy atom. The van der Waals surface area contributed by atoms with Gasteiger partial charge in [-0.1, -0.05) is 50.3 Å². The van der Waals surface area contributed by atoms with Gasteiger partial charge in [0.1, 0.15) is 10.5 Å². The van der Waals surface area contributed by atoms with Gasteiger partial charge in [-0.15, -0.1) is 0 Å². The van der Waals surface area contributed by atoms with E-state index in [2.05, 4.69) is 48.1 Å². The number of hydrogen-bond donors (Lipinski definition) is 1. The molecule has 1 aromatic carbocycles. The van der Waals surface area contributed by atoms with E-state index < -0.39 is 0 Å². The van der Waals surface area contributed by atoms with E-state index in [9.17, 15) is 0 Å². The summed E-state index contributed by atoms with van der Waals surface area (Å²) in [6, 6.07) is 10.7. The summed E-state index contributed by atoms with van der Waals surface area (Å²) in [6.45, 7) is 4.45. The lowest BCUT2D eigenvalue weighted by atomic mass is 10.0. The Labute approximate surface area is 125 Å². The first-order valence-corrected chi connectivity index (χ1v) is 7.69. The molecule has 0 atom stereocenters. The molecule has 0 aliphatic heterocycles. The minimum absolute atomic E-state index is 0.446. The highest BCUT2D eigenvalue weighted by Gasteiger charge is 2.24. The molecular weight excluding hydrogens is 264 g/mol. The predicted octanol–water partition coefficient (Wildman–Crippen LogP) is 4.22. The highest BCUT2D eigenvalue weighted by atomic mass is 32.1. The van der Waals surface area contributed by atoms with Gasteiger partial charge in [-0.05, 0) is 42.4 Å². The molecule has 0 amide bonds. The van der Waals surface area contributed by atoms with Gasteiger partial charge < -0.3 is 4.98 Å². The van der Waals surface area contributed by atoms with E-state index in [0.29, 0.717) is 16.5 Å². The minimum atomic E-state index is 0.446. The van der Waals surface area contributed by atoms with Crippen LogP contribution in [0.5, 0.6) is 0 Å². The van der Waals surface area contributed by atoms with Gasteiger partial charge in [-0.3, -0.25) is 0 Å². The van der Waals surface area contributed by atoms with Crippen LogP contribution >= 0.6 is 12.2 Å². The Morgan fingerprint density at radius 2 is 1.90 bits per heavy atom. The summed E-state index contributed by atoms with van der Waals surface area (Å²) in [5, 5.41) is 0. The van der Waals surface area contributed by atoms with Crippen molar-refractivity contribution in [2.45, 2.75) is 39.0 Å². The van der Waals surface area contributed by atoms with Crippen molar-refractivity contribution in [1.29, 1.82) is 0 Å². The van der Waals surface area contributed by atoms with Crippen molar-refractivity contribution in [3.05, 3.63) is 57.6 Å². The van der Waals surface area contributed by atoms with Gasteiger partial charge in [0.25, 0.3) is 0 Å². The zero-order chi connectivity index (χ0) is 14.1. The minimum Gasteiger partial charge on any atom is -0.347 e. The third-order valence-corrected chi connectivity index (χ3v) is 4.09. The standard InChI is InChI=1S/C17H20N2S/c1-11(2)7-15-10-16(20)19-17(18-15)14-8-12-5-3-4-6-13(12)9-14/h3-6,10-11,14H,7-9H2,1-2H3,(H,18,19,20). The maximum atomic E-state index is 5.33. The van der Waals surface area contributed by atoms with E-state index in [1.807, 2.05) is 6.07 Å². The Hall–Kier alpha value is -1.48. The molecule has 1 N–H and O–H groups in total. The Balaban J connectivity index is 1.89. The van der Waals surface area contributed by atoms with Crippen molar-refractivity contribution in [2.75, 3.05) is 0 Å². The van der Waals surface area contributed by atoms with Crippen LogP contribution in [0, 0.1) is 10.6 Å². The van der Waals surface area contributed by atoms with Crippen LogP contribution in [-0.4, -0.2) is 9.97 Å². The molecule has 20 heavy (non-hydrogen) atoms. The van der Waals surface area contributed by atoms with Crippen LogP contribution in [0.2, 0.25) is 0 Å². The van der Waals surface area contributed by atoms with E-state index >= 15 is 0 Å². The van der Waals surface area contributed by atoms with Crippen molar-refractivity contribution < 1.29 is 0 Å². The summed E-state index contributed by atoms with van der Waals surface area (Å²) >= 11 is 5.33. The second-order valence-electron chi connectivity index (χ2n) is 6.10. The van der Waals surface area contributed by atoms with Gasteiger partial charge in [0.05, 0.1) is 0 Å². The number of nitrogens with zero attached hydrogens (tertiary/aromatic N) is 1. The second kappa shape index (κ2) is 5.49. The number of H-pyrrole nitrogens is 1. The summed E-state index contributed by atoms with van der Waals surface area (Å²) in [5.74, 6) is 2.13. The Kier molecular flexibility index (Phi) is 3.70. The molecule has 0 fully saturated rings. The molecule has 0 saturated heterocycles. The van der Waals surface area contributed by atoms with Gasteiger partial charge in [-0.25, -0.2) is 4.98 Å². The summed E-state index contributed by atoms with van der Waals surface area (Å²) < 4.78 is 0.713. The van der Waals surface area contributed by atoms with Crippen molar-refractivity contribution in [3.8, 4) is 0 Å². The maximum absolute atomic E-state index is 5.33. The molecule has 0 saturated carbocycles. The Morgan fingerprint density at radius 3 is 2.50 bits per heavy atom. The highest BCUT2D eigenvalue weighted by molar-refractivity contribution is 7.71.